The summed E-state index contributed by atoms with van der Waals surface area (Å²) >= 11 is 0. The van der Waals surface area contributed by atoms with Gasteiger partial charge in [0.15, 0.2) is 5.78 Å². The van der Waals surface area contributed by atoms with Crippen LogP contribution in [0.4, 0.5) is 8.78 Å². The molecule has 5 rings (SSSR count). The monoisotopic (exact) mass is 414 g/mol. The number of hydrogen-bond acceptors (Lipinski definition) is 1. The molecule has 0 heterocycles. The minimum atomic E-state index is -0.653. The highest BCUT2D eigenvalue weighted by atomic mass is 19.1. The van der Waals surface area contributed by atoms with Gasteiger partial charge in [-0.15, -0.1) is 0 Å². The maximum atomic E-state index is 13.8. The molecule has 1 aromatic carbocycles. The highest BCUT2D eigenvalue weighted by molar-refractivity contribution is 5.98. The molecule has 0 N–H and O–H groups in total. The lowest BCUT2D eigenvalue weighted by molar-refractivity contribution is -0.114. The van der Waals surface area contributed by atoms with Crippen LogP contribution in [0.25, 0.3) is 0 Å². The zero-order valence-corrected chi connectivity index (χ0v) is 18.7. The van der Waals surface area contributed by atoms with E-state index in [2.05, 4.69) is 20.8 Å². The van der Waals surface area contributed by atoms with Crippen molar-refractivity contribution in [3.05, 3.63) is 35.4 Å². The van der Waals surface area contributed by atoms with Gasteiger partial charge in [0.1, 0.15) is 11.6 Å². The molecule has 8 unspecified atom stereocenters. The molecule has 4 aliphatic carbocycles. The van der Waals surface area contributed by atoms with E-state index in [0.717, 1.165) is 49.0 Å². The van der Waals surface area contributed by atoms with Crippen LogP contribution >= 0.6 is 0 Å². The normalized spacial score (nSPS) is 45.4. The number of hydrogen-bond donors (Lipinski definition) is 0. The molecule has 3 heteroatoms. The largest absolute Gasteiger partial charge is 0.294 e. The van der Waals surface area contributed by atoms with Crippen LogP contribution in [-0.2, 0) is 0 Å². The Morgan fingerprint density at radius 3 is 2.27 bits per heavy atom. The summed E-state index contributed by atoms with van der Waals surface area (Å²) in [6.07, 6.45) is 11.1. The number of carbonyl (C=O) groups excluding carboxylic acids is 1. The van der Waals surface area contributed by atoms with Crippen LogP contribution in [0.15, 0.2) is 18.2 Å². The fraction of sp³-hybridized carbons (Fsp3) is 0.741. The van der Waals surface area contributed by atoms with E-state index in [1.54, 1.807) is 0 Å². The first-order valence-electron chi connectivity index (χ1n) is 12.2. The molecule has 8 atom stereocenters. The minimum absolute atomic E-state index is 0.0216. The number of Topliss-reactive ketones (excluding diaryl/α,β-unsaturated/α-hetero) is 1. The Kier molecular flexibility index (Phi) is 4.91. The summed E-state index contributed by atoms with van der Waals surface area (Å²) in [7, 11) is 0. The third kappa shape index (κ3) is 3.01. The Balaban J connectivity index is 1.41. The number of benzene rings is 1. The van der Waals surface area contributed by atoms with Gasteiger partial charge in [-0.25, -0.2) is 8.78 Å². The average molecular weight is 415 g/mol. The number of halogens is 2. The SMILES string of the molecule is CC1CCC2(C)C(CCC3C2CCC2(C)C(C(=O)c4cc(F)cc(F)c4)CCC32)C1. The van der Waals surface area contributed by atoms with Crippen molar-refractivity contribution in [1.29, 1.82) is 0 Å². The molecule has 0 radical (unpaired) electrons. The van der Waals surface area contributed by atoms with Crippen molar-refractivity contribution in [2.45, 2.75) is 78.6 Å². The Morgan fingerprint density at radius 2 is 1.53 bits per heavy atom. The van der Waals surface area contributed by atoms with Crippen LogP contribution < -0.4 is 0 Å². The van der Waals surface area contributed by atoms with Crippen LogP contribution in [0.2, 0.25) is 0 Å². The second kappa shape index (κ2) is 7.14. The molecule has 30 heavy (non-hydrogen) atoms. The third-order valence-corrected chi connectivity index (χ3v) is 10.4. The van der Waals surface area contributed by atoms with Crippen molar-refractivity contribution >= 4 is 5.78 Å². The number of carbonyl (C=O) groups is 1. The van der Waals surface area contributed by atoms with Gasteiger partial charge in [-0.3, -0.25) is 4.79 Å². The Bertz CT molecular complexity index is 829. The summed E-state index contributed by atoms with van der Waals surface area (Å²) in [5.74, 6) is 2.40. The van der Waals surface area contributed by atoms with Crippen LogP contribution in [0, 0.1) is 58.0 Å². The van der Waals surface area contributed by atoms with Crippen molar-refractivity contribution in [3.63, 3.8) is 0 Å². The van der Waals surface area contributed by atoms with E-state index in [9.17, 15) is 13.6 Å². The predicted molar refractivity (Wildman–Crippen MR) is 115 cm³/mol. The van der Waals surface area contributed by atoms with Crippen molar-refractivity contribution in [1.82, 2.24) is 0 Å². The van der Waals surface area contributed by atoms with Gasteiger partial charge in [0.2, 0.25) is 0 Å². The summed E-state index contributed by atoms with van der Waals surface area (Å²) in [6, 6.07) is 3.30. The Labute approximate surface area is 180 Å². The van der Waals surface area contributed by atoms with Gasteiger partial charge in [0, 0.05) is 17.5 Å². The molecule has 4 aliphatic rings. The fourth-order valence-corrected chi connectivity index (χ4v) is 8.80. The zero-order valence-electron chi connectivity index (χ0n) is 18.7. The third-order valence-electron chi connectivity index (χ3n) is 10.4. The fourth-order valence-electron chi connectivity index (χ4n) is 8.80. The Hall–Kier alpha value is -1.25. The van der Waals surface area contributed by atoms with Gasteiger partial charge in [-0.05, 0) is 104 Å². The average Bonchev–Trinajstić information content (AvgIpc) is 3.04. The summed E-state index contributed by atoms with van der Waals surface area (Å²) < 4.78 is 27.5. The van der Waals surface area contributed by atoms with Crippen LogP contribution in [0.3, 0.4) is 0 Å². The van der Waals surface area contributed by atoms with E-state index in [4.69, 9.17) is 0 Å². The predicted octanol–water partition coefficient (Wildman–Crippen LogP) is 7.44. The molecule has 4 fully saturated rings. The summed E-state index contributed by atoms with van der Waals surface area (Å²) in [5, 5.41) is 0. The van der Waals surface area contributed by atoms with Crippen LogP contribution in [0.1, 0.15) is 88.9 Å². The molecule has 0 spiro atoms. The highest BCUT2D eigenvalue weighted by Crippen LogP contribution is 2.68. The van der Waals surface area contributed by atoms with Gasteiger partial charge < -0.3 is 0 Å². The molecule has 0 aromatic heterocycles. The lowest BCUT2D eigenvalue weighted by Gasteiger charge is -2.61. The van der Waals surface area contributed by atoms with E-state index >= 15 is 0 Å². The Morgan fingerprint density at radius 1 is 0.867 bits per heavy atom. The molecule has 4 saturated carbocycles. The first-order chi connectivity index (χ1) is 14.2. The molecule has 0 amide bonds. The summed E-state index contributed by atoms with van der Waals surface area (Å²) in [6.45, 7) is 7.32. The van der Waals surface area contributed by atoms with E-state index in [1.807, 2.05) is 0 Å². The van der Waals surface area contributed by atoms with Crippen molar-refractivity contribution in [3.8, 4) is 0 Å². The second-order valence-corrected chi connectivity index (χ2v) is 11.7. The van der Waals surface area contributed by atoms with Gasteiger partial charge in [-0.2, -0.15) is 0 Å². The van der Waals surface area contributed by atoms with Crippen LogP contribution in [0.5, 0.6) is 0 Å². The zero-order chi connectivity index (χ0) is 21.3. The maximum Gasteiger partial charge on any atom is 0.166 e. The lowest BCUT2D eigenvalue weighted by atomic mass is 9.44. The topological polar surface area (TPSA) is 17.1 Å². The lowest BCUT2D eigenvalue weighted by Crippen LogP contribution is -2.53. The van der Waals surface area contributed by atoms with E-state index in [0.29, 0.717) is 11.3 Å². The van der Waals surface area contributed by atoms with Gasteiger partial charge >= 0.3 is 0 Å². The standard InChI is InChI=1S/C27H36F2O/c1-16-8-10-26(2)18(12-16)4-5-21-22-6-7-24(27(22,3)11-9-23(21)26)25(30)17-13-19(28)15-20(29)14-17/h13-16,18,21-24H,4-12H2,1-3H3. The quantitative estimate of drug-likeness (QED) is 0.460. The molecule has 0 aliphatic heterocycles. The van der Waals surface area contributed by atoms with Crippen molar-refractivity contribution in [2.75, 3.05) is 0 Å². The molecule has 0 bridgehead atoms. The number of rotatable bonds is 2. The number of ketones is 1. The minimum Gasteiger partial charge on any atom is -0.294 e. The summed E-state index contributed by atoms with van der Waals surface area (Å²) in [5.41, 5.74) is 0.676. The molecule has 0 saturated heterocycles. The van der Waals surface area contributed by atoms with E-state index in [-0.39, 0.29) is 22.7 Å². The van der Waals surface area contributed by atoms with Gasteiger partial charge in [-0.1, -0.05) is 27.2 Å². The smallest absolute Gasteiger partial charge is 0.166 e. The van der Waals surface area contributed by atoms with Gasteiger partial charge in [0.25, 0.3) is 0 Å². The molecular weight excluding hydrogens is 378 g/mol. The first kappa shape index (κ1) is 20.6. The second-order valence-electron chi connectivity index (χ2n) is 11.7. The van der Waals surface area contributed by atoms with Gasteiger partial charge in [0.05, 0.1) is 0 Å². The van der Waals surface area contributed by atoms with E-state index < -0.39 is 11.6 Å². The molecule has 164 valence electrons. The van der Waals surface area contributed by atoms with Crippen molar-refractivity contribution < 1.29 is 13.6 Å². The highest BCUT2D eigenvalue weighted by Gasteiger charge is 2.61. The number of fused-ring (bicyclic) bond motifs is 5. The van der Waals surface area contributed by atoms with Crippen molar-refractivity contribution in [2.24, 2.45) is 46.3 Å². The molecular formula is C27H36F2O. The molecule has 1 nitrogen and oxygen atoms in total. The summed E-state index contributed by atoms with van der Waals surface area (Å²) in [4.78, 5) is 13.4. The van der Waals surface area contributed by atoms with Crippen LogP contribution in [-0.4, -0.2) is 5.78 Å². The van der Waals surface area contributed by atoms with E-state index in [1.165, 1.54) is 50.7 Å². The maximum absolute atomic E-state index is 13.8. The molecule has 1 aromatic rings. The first-order valence-corrected chi connectivity index (χ1v) is 12.2.